The summed E-state index contributed by atoms with van der Waals surface area (Å²) in [5.74, 6) is 0.498. The molecule has 0 fully saturated rings. The van der Waals surface area contributed by atoms with Crippen LogP contribution in [-0.2, 0) is 0 Å². The molecule has 2 rings (SSSR count). The monoisotopic (exact) mass is 302 g/mol. The van der Waals surface area contributed by atoms with Gasteiger partial charge in [0.1, 0.15) is 11.9 Å². The summed E-state index contributed by atoms with van der Waals surface area (Å²) in [5.41, 5.74) is 8.46. The first kappa shape index (κ1) is 12.4. The molecule has 0 unspecified atom stereocenters. The first-order chi connectivity index (χ1) is 8.61. The summed E-state index contributed by atoms with van der Waals surface area (Å²) < 4.78 is 0.951. The van der Waals surface area contributed by atoms with Crippen molar-refractivity contribution in [1.29, 1.82) is 5.26 Å². The summed E-state index contributed by atoms with van der Waals surface area (Å²) in [4.78, 5) is 4.14. The van der Waals surface area contributed by atoms with E-state index < -0.39 is 0 Å². The summed E-state index contributed by atoms with van der Waals surface area (Å²) in [6, 6.07) is 9.51. The van der Waals surface area contributed by atoms with Gasteiger partial charge < -0.3 is 11.1 Å². The molecule has 0 radical (unpaired) electrons. The summed E-state index contributed by atoms with van der Waals surface area (Å²) in [6.45, 7) is 2.00. The Labute approximate surface area is 114 Å². The lowest BCUT2D eigenvalue weighted by Gasteiger charge is -2.10. The Hall–Kier alpha value is -2.06. The predicted octanol–water partition coefficient (Wildman–Crippen LogP) is 3.35. The van der Waals surface area contributed by atoms with Gasteiger partial charge >= 0.3 is 0 Å². The first-order valence-corrected chi connectivity index (χ1v) is 6.09. The third kappa shape index (κ3) is 2.44. The van der Waals surface area contributed by atoms with Crippen molar-refractivity contribution in [3.05, 3.63) is 46.1 Å². The van der Waals surface area contributed by atoms with Crippen LogP contribution in [0.5, 0.6) is 0 Å². The lowest BCUT2D eigenvalue weighted by Crippen LogP contribution is -1.99. The predicted molar refractivity (Wildman–Crippen MR) is 75.5 cm³/mol. The Bertz CT molecular complexity index is 631. The number of aromatic nitrogens is 1. The molecule has 0 amide bonds. The number of nitrogens with one attached hydrogen (secondary N) is 1. The van der Waals surface area contributed by atoms with Crippen molar-refractivity contribution < 1.29 is 0 Å². The molecule has 2 aromatic rings. The number of anilines is 3. The van der Waals surface area contributed by atoms with E-state index in [1.54, 1.807) is 6.07 Å². The van der Waals surface area contributed by atoms with Gasteiger partial charge in [-0.15, -0.1) is 0 Å². The van der Waals surface area contributed by atoms with E-state index in [9.17, 15) is 0 Å². The van der Waals surface area contributed by atoms with E-state index in [0.29, 0.717) is 17.1 Å². The standard InChI is InChI=1S/C13H11BrN4/c1-8-3-2-4-11(12(8)14)18-13-9(6-15)5-10(16)7-17-13/h2-5,7H,16H2,1H3,(H,17,18). The number of pyridine rings is 1. The molecule has 1 aromatic carbocycles. The van der Waals surface area contributed by atoms with Crippen LogP contribution in [0.3, 0.4) is 0 Å². The van der Waals surface area contributed by atoms with Gasteiger partial charge in [-0.2, -0.15) is 5.26 Å². The van der Waals surface area contributed by atoms with Gasteiger partial charge in [0.05, 0.1) is 23.1 Å². The maximum absolute atomic E-state index is 9.05. The second-order valence-corrected chi connectivity index (χ2v) is 4.63. The molecule has 0 spiro atoms. The number of halogens is 1. The Morgan fingerprint density at radius 1 is 1.44 bits per heavy atom. The van der Waals surface area contributed by atoms with Crippen molar-refractivity contribution in [2.75, 3.05) is 11.1 Å². The fourth-order valence-electron chi connectivity index (χ4n) is 1.54. The third-order valence-electron chi connectivity index (χ3n) is 2.47. The number of nitriles is 1. The number of aryl methyl sites for hydroxylation is 1. The van der Waals surface area contributed by atoms with Crippen molar-refractivity contribution in [2.45, 2.75) is 6.92 Å². The van der Waals surface area contributed by atoms with Crippen LogP contribution in [-0.4, -0.2) is 4.98 Å². The molecule has 1 heterocycles. The highest BCUT2D eigenvalue weighted by atomic mass is 79.9. The number of nitrogen functional groups attached to an aromatic ring is 1. The van der Waals surface area contributed by atoms with Crippen LogP contribution in [0.2, 0.25) is 0 Å². The van der Waals surface area contributed by atoms with Crippen LogP contribution in [0.25, 0.3) is 0 Å². The van der Waals surface area contributed by atoms with Crippen molar-refractivity contribution in [3.63, 3.8) is 0 Å². The smallest absolute Gasteiger partial charge is 0.148 e. The Morgan fingerprint density at radius 3 is 2.94 bits per heavy atom. The Morgan fingerprint density at radius 2 is 2.22 bits per heavy atom. The molecule has 0 atom stereocenters. The molecule has 90 valence electrons. The van der Waals surface area contributed by atoms with E-state index in [2.05, 4.69) is 32.3 Å². The molecule has 0 aliphatic rings. The summed E-state index contributed by atoms with van der Waals surface area (Å²) in [7, 11) is 0. The van der Waals surface area contributed by atoms with Crippen LogP contribution in [0.15, 0.2) is 34.9 Å². The minimum atomic E-state index is 0.420. The van der Waals surface area contributed by atoms with Gasteiger partial charge in [0.15, 0.2) is 0 Å². The molecule has 0 saturated carbocycles. The highest BCUT2D eigenvalue weighted by Crippen LogP contribution is 2.29. The zero-order valence-corrected chi connectivity index (χ0v) is 11.3. The average molecular weight is 303 g/mol. The fourth-order valence-corrected chi connectivity index (χ4v) is 1.90. The Kier molecular flexibility index (Phi) is 3.49. The van der Waals surface area contributed by atoms with Gasteiger partial charge in [0, 0.05) is 4.47 Å². The third-order valence-corrected chi connectivity index (χ3v) is 3.53. The molecule has 5 heteroatoms. The van der Waals surface area contributed by atoms with Crippen LogP contribution in [0.4, 0.5) is 17.2 Å². The maximum Gasteiger partial charge on any atom is 0.148 e. The van der Waals surface area contributed by atoms with Gasteiger partial charge in [-0.1, -0.05) is 12.1 Å². The van der Waals surface area contributed by atoms with Crippen molar-refractivity contribution in [1.82, 2.24) is 4.98 Å². The van der Waals surface area contributed by atoms with Gasteiger partial charge in [-0.05, 0) is 40.5 Å². The van der Waals surface area contributed by atoms with Crippen LogP contribution >= 0.6 is 15.9 Å². The van der Waals surface area contributed by atoms with Crippen molar-refractivity contribution >= 4 is 33.1 Å². The van der Waals surface area contributed by atoms with E-state index in [0.717, 1.165) is 15.7 Å². The Balaban J connectivity index is 2.41. The molecular weight excluding hydrogens is 292 g/mol. The molecule has 0 aliphatic heterocycles. The number of nitrogens with zero attached hydrogens (tertiary/aromatic N) is 2. The van der Waals surface area contributed by atoms with Gasteiger partial charge in [0.2, 0.25) is 0 Å². The maximum atomic E-state index is 9.05. The zero-order chi connectivity index (χ0) is 13.1. The first-order valence-electron chi connectivity index (χ1n) is 5.29. The summed E-state index contributed by atoms with van der Waals surface area (Å²) in [5, 5.41) is 12.2. The van der Waals surface area contributed by atoms with Crippen molar-refractivity contribution in [2.24, 2.45) is 0 Å². The number of nitrogens with two attached hydrogens (primary N) is 1. The van der Waals surface area contributed by atoms with E-state index in [4.69, 9.17) is 11.0 Å². The van der Waals surface area contributed by atoms with Crippen LogP contribution in [0.1, 0.15) is 11.1 Å². The van der Waals surface area contributed by atoms with Crippen LogP contribution in [0, 0.1) is 18.3 Å². The molecule has 18 heavy (non-hydrogen) atoms. The molecule has 3 N–H and O–H groups in total. The largest absolute Gasteiger partial charge is 0.397 e. The lowest BCUT2D eigenvalue weighted by molar-refractivity contribution is 1.28. The van der Waals surface area contributed by atoms with Gasteiger partial charge in [0.25, 0.3) is 0 Å². The van der Waals surface area contributed by atoms with Crippen molar-refractivity contribution in [3.8, 4) is 6.07 Å². The number of hydrogen-bond donors (Lipinski definition) is 2. The highest BCUT2D eigenvalue weighted by molar-refractivity contribution is 9.10. The normalized spacial score (nSPS) is 9.83. The number of benzene rings is 1. The van der Waals surface area contributed by atoms with Gasteiger partial charge in [-0.3, -0.25) is 0 Å². The molecule has 0 bridgehead atoms. The zero-order valence-electron chi connectivity index (χ0n) is 9.74. The number of rotatable bonds is 2. The summed E-state index contributed by atoms with van der Waals surface area (Å²) >= 11 is 3.50. The van der Waals surface area contributed by atoms with E-state index >= 15 is 0 Å². The topological polar surface area (TPSA) is 74.7 Å². The van der Waals surface area contributed by atoms with E-state index in [1.807, 2.05) is 25.1 Å². The lowest BCUT2D eigenvalue weighted by atomic mass is 10.2. The highest BCUT2D eigenvalue weighted by Gasteiger charge is 2.07. The fraction of sp³-hybridized carbons (Fsp3) is 0.0769. The molecule has 0 aliphatic carbocycles. The second-order valence-electron chi connectivity index (χ2n) is 3.84. The SMILES string of the molecule is Cc1cccc(Nc2ncc(N)cc2C#N)c1Br. The van der Waals surface area contributed by atoms with E-state index in [-0.39, 0.29) is 0 Å². The average Bonchev–Trinajstić information content (AvgIpc) is 2.37. The minimum Gasteiger partial charge on any atom is -0.397 e. The van der Waals surface area contributed by atoms with Gasteiger partial charge in [-0.25, -0.2) is 4.98 Å². The van der Waals surface area contributed by atoms with Crippen LogP contribution < -0.4 is 11.1 Å². The minimum absolute atomic E-state index is 0.420. The van der Waals surface area contributed by atoms with E-state index in [1.165, 1.54) is 6.20 Å². The summed E-state index contributed by atoms with van der Waals surface area (Å²) in [6.07, 6.45) is 1.52. The molecule has 4 nitrogen and oxygen atoms in total. The number of hydrogen-bond acceptors (Lipinski definition) is 4. The quantitative estimate of drug-likeness (QED) is 0.892. The molecule has 0 saturated heterocycles. The molecule has 1 aromatic heterocycles. The molecular formula is C13H11BrN4. The second kappa shape index (κ2) is 5.07.